The van der Waals surface area contributed by atoms with Crippen molar-refractivity contribution in [2.24, 2.45) is 5.92 Å². The highest BCUT2D eigenvalue weighted by atomic mass is 16.5. The van der Waals surface area contributed by atoms with Crippen molar-refractivity contribution in [3.05, 3.63) is 0 Å². The highest BCUT2D eigenvalue weighted by Gasteiger charge is 2.20. The van der Waals surface area contributed by atoms with Crippen LogP contribution in [0.15, 0.2) is 0 Å². The van der Waals surface area contributed by atoms with Gasteiger partial charge in [0, 0.05) is 6.42 Å². The van der Waals surface area contributed by atoms with Gasteiger partial charge in [-0.15, -0.1) is 0 Å². The zero-order valence-electron chi connectivity index (χ0n) is 10.0. The molecule has 1 saturated carbocycles. The van der Waals surface area contributed by atoms with Gasteiger partial charge in [0.15, 0.2) is 5.78 Å². The normalized spacial score (nSPS) is 23.8. The summed E-state index contributed by atoms with van der Waals surface area (Å²) in [5, 5.41) is 3.30. The highest BCUT2D eigenvalue weighted by molar-refractivity contribution is 5.79. The van der Waals surface area contributed by atoms with Crippen LogP contribution in [0.3, 0.4) is 0 Å². The molecule has 1 aliphatic carbocycles. The molecule has 16 heavy (non-hydrogen) atoms. The molecule has 0 aromatic carbocycles. The smallest absolute Gasteiger partial charge is 0.158 e. The summed E-state index contributed by atoms with van der Waals surface area (Å²) in [5.41, 5.74) is 0. The van der Waals surface area contributed by atoms with Gasteiger partial charge in [-0.1, -0.05) is 25.7 Å². The van der Waals surface area contributed by atoms with E-state index >= 15 is 0 Å². The summed E-state index contributed by atoms with van der Waals surface area (Å²) in [6.45, 7) is 2.41. The molecule has 2 rings (SSSR count). The maximum atomic E-state index is 11.7. The van der Waals surface area contributed by atoms with Gasteiger partial charge in [0.25, 0.3) is 0 Å². The monoisotopic (exact) mass is 225 g/mol. The third-order valence-corrected chi connectivity index (χ3v) is 3.76. The van der Waals surface area contributed by atoms with Gasteiger partial charge in [-0.3, -0.25) is 4.79 Å². The molecule has 0 unspecified atom stereocenters. The van der Waals surface area contributed by atoms with Crippen molar-refractivity contribution in [3.8, 4) is 0 Å². The molecule has 0 radical (unpaired) electrons. The Balaban J connectivity index is 1.59. The van der Waals surface area contributed by atoms with E-state index in [4.69, 9.17) is 4.74 Å². The van der Waals surface area contributed by atoms with Crippen molar-refractivity contribution < 1.29 is 9.53 Å². The zero-order valence-corrected chi connectivity index (χ0v) is 10.0. The fraction of sp³-hybridized carbons (Fsp3) is 0.923. The fourth-order valence-electron chi connectivity index (χ4n) is 2.77. The summed E-state index contributed by atoms with van der Waals surface area (Å²) in [6.07, 6.45) is 8.30. The minimum absolute atomic E-state index is 0.311. The van der Waals surface area contributed by atoms with E-state index in [0.29, 0.717) is 24.4 Å². The van der Waals surface area contributed by atoms with Crippen LogP contribution in [0.25, 0.3) is 0 Å². The van der Waals surface area contributed by atoms with Crippen LogP contribution in [0.1, 0.15) is 44.9 Å². The largest absolute Gasteiger partial charge is 0.370 e. The first-order chi connectivity index (χ1) is 7.84. The second-order valence-electron chi connectivity index (χ2n) is 5.15. The van der Waals surface area contributed by atoms with E-state index in [1.807, 2.05) is 0 Å². The summed E-state index contributed by atoms with van der Waals surface area (Å²) < 4.78 is 5.67. The second-order valence-corrected chi connectivity index (χ2v) is 5.15. The number of rotatable bonds is 5. The van der Waals surface area contributed by atoms with Crippen LogP contribution in [0.5, 0.6) is 0 Å². The molecule has 3 heteroatoms. The first-order valence-corrected chi connectivity index (χ1v) is 6.68. The first kappa shape index (κ1) is 12.1. The van der Waals surface area contributed by atoms with E-state index in [2.05, 4.69) is 5.32 Å². The second kappa shape index (κ2) is 6.36. The molecule has 1 saturated heterocycles. The SMILES string of the molecule is O=C(COC1CCNCC1)CC1CCCC1. The first-order valence-electron chi connectivity index (χ1n) is 6.68. The van der Waals surface area contributed by atoms with Gasteiger partial charge in [-0.25, -0.2) is 0 Å². The number of carbonyl (C=O) groups excluding carboxylic acids is 1. The van der Waals surface area contributed by atoms with Gasteiger partial charge >= 0.3 is 0 Å². The molecule has 3 nitrogen and oxygen atoms in total. The molecule has 1 heterocycles. The molecule has 2 fully saturated rings. The summed E-state index contributed by atoms with van der Waals surface area (Å²) in [7, 11) is 0. The summed E-state index contributed by atoms with van der Waals surface area (Å²) in [5.74, 6) is 0.967. The molecule has 0 amide bonds. The van der Waals surface area contributed by atoms with E-state index in [0.717, 1.165) is 32.4 Å². The number of hydrogen-bond acceptors (Lipinski definition) is 3. The predicted molar refractivity (Wildman–Crippen MR) is 63.4 cm³/mol. The minimum atomic E-state index is 0.311. The molecule has 92 valence electrons. The molecular formula is C13H23NO2. The van der Waals surface area contributed by atoms with Gasteiger partial charge in [0.1, 0.15) is 6.61 Å². The number of ketones is 1. The summed E-state index contributed by atoms with van der Waals surface area (Å²) in [4.78, 5) is 11.7. The molecule has 2 aliphatic rings. The lowest BCUT2D eigenvalue weighted by Crippen LogP contribution is -2.33. The number of nitrogens with one attached hydrogen (secondary N) is 1. The quantitative estimate of drug-likeness (QED) is 0.776. The van der Waals surface area contributed by atoms with E-state index in [1.165, 1.54) is 25.7 Å². The van der Waals surface area contributed by atoms with E-state index in [9.17, 15) is 4.79 Å². The number of ether oxygens (including phenoxy) is 1. The van der Waals surface area contributed by atoms with Crippen molar-refractivity contribution in [1.29, 1.82) is 0 Å². The molecule has 0 spiro atoms. The zero-order chi connectivity index (χ0) is 11.2. The van der Waals surface area contributed by atoms with Crippen molar-refractivity contribution in [1.82, 2.24) is 5.32 Å². The Morgan fingerprint density at radius 2 is 1.81 bits per heavy atom. The molecule has 0 aromatic heterocycles. The molecule has 1 aliphatic heterocycles. The van der Waals surface area contributed by atoms with Crippen LogP contribution in [0, 0.1) is 5.92 Å². The Bertz CT molecular complexity index is 218. The third-order valence-electron chi connectivity index (χ3n) is 3.76. The number of piperidine rings is 1. The Kier molecular flexibility index (Phi) is 4.79. The third kappa shape index (κ3) is 3.87. The molecule has 0 atom stereocenters. The Morgan fingerprint density at radius 3 is 2.50 bits per heavy atom. The topological polar surface area (TPSA) is 38.3 Å². The summed E-state index contributed by atoms with van der Waals surface area (Å²) >= 11 is 0. The number of Topliss-reactive ketones (excluding diaryl/α,β-unsaturated/α-hetero) is 1. The predicted octanol–water partition coefficient (Wildman–Crippen LogP) is 1.90. The van der Waals surface area contributed by atoms with Crippen LogP contribution in [0.4, 0.5) is 0 Å². The molecule has 0 aromatic rings. The molecular weight excluding hydrogens is 202 g/mol. The van der Waals surface area contributed by atoms with Crippen LogP contribution >= 0.6 is 0 Å². The van der Waals surface area contributed by atoms with Crippen molar-refractivity contribution in [3.63, 3.8) is 0 Å². The maximum Gasteiger partial charge on any atom is 0.158 e. The molecule has 0 bridgehead atoms. The van der Waals surface area contributed by atoms with Gasteiger partial charge in [-0.05, 0) is 31.8 Å². The maximum absolute atomic E-state index is 11.7. The fourth-order valence-corrected chi connectivity index (χ4v) is 2.77. The Labute approximate surface area is 97.9 Å². The minimum Gasteiger partial charge on any atom is -0.370 e. The number of hydrogen-bond donors (Lipinski definition) is 1. The highest BCUT2D eigenvalue weighted by Crippen LogP contribution is 2.27. The van der Waals surface area contributed by atoms with Crippen LogP contribution < -0.4 is 5.32 Å². The Hall–Kier alpha value is -0.410. The van der Waals surface area contributed by atoms with Crippen LogP contribution in [-0.2, 0) is 9.53 Å². The van der Waals surface area contributed by atoms with Crippen molar-refractivity contribution in [2.75, 3.05) is 19.7 Å². The van der Waals surface area contributed by atoms with Gasteiger partial charge < -0.3 is 10.1 Å². The van der Waals surface area contributed by atoms with Crippen molar-refractivity contribution >= 4 is 5.78 Å². The van der Waals surface area contributed by atoms with E-state index in [-0.39, 0.29) is 0 Å². The lowest BCUT2D eigenvalue weighted by molar-refractivity contribution is -0.127. The van der Waals surface area contributed by atoms with Crippen LogP contribution in [0.2, 0.25) is 0 Å². The lowest BCUT2D eigenvalue weighted by Gasteiger charge is -2.22. The average molecular weight is 225 g/mol. The van der Waals surface area contributed by atoms with Gasteiger partial charge in [0.2, 0.25) is 0 Å². The standard InChI is InChI=1S/C13H23NO2/c15-12(9-11-3-1-2-4-11)10-16-13-5-7-14-8-6-13/h11,13-14H,1-10H2. The van der Waals surface area contributed by atoms with E-state index in [1.54, 1.807) is 0 Å². The Morgan fingerprint density at radius 1 is 1.12 bits per heavy atom. The van der Waals surface area contributed by atoms with E-state index < -0.39 is 0 Å². The molecule has 1 N–H and O–H groups in total. The summed E-state index contributed by atoms with van der Waals surface area (Å²) in [6, 6.07) is 0. The number of carbonyl (C=O) groups is 1. The van der Waals surface area contributed by atoms with Gasteiger partial charge in [0.05, 0.1) is 6.10 Å². The average Bonchev–Trinajstić information content (AvgIpc) is 2.81. The lowest BCUT2D eigenvalue weighted by atomic mass is 10.0. The van der Waals surface area contributed by atoms with Crippen molar-refractivity contribution in [2.45, 2.75) is 51.0 Å². The van der Waals surface area contributed by atoms with Crippen LogP contribution in [-0.4, -0.2) is 31.6 Å². The van der Waals surface area contributed by atoms with Gasteiger partial charge in [-0.2, -0.15) is 0 Å².